The molecule has 1 aromatic carbocycles. The van der Waals surface area contributed by atoms with Gasteiger partial charge in [0, 0.05) is 0 Å². The molecule has 2 rings (SSSR count). The van der Waals surface area contributed by atoms with Crippen LogP contribution < -0.4 is 0 Å². The molecule has 0 saturated heterocycles. The number of benzene rings is 1. The van der Waals surface area contributed by atoms with Gasteiger partial charge in [0.1, 0.15) is 5.82 Å². The molecule has 2 aromatic rings. The molecule has 3 nitrogen and oxygen atoms in total. The molecule has 0 aliphatic rings. The van der Waals surface area contributed by atoms with Gasteiger partial charge >= 0.3 is 0 Å². The van der Waals surface area contributed by atoms with Crippen molar-refractivity contribution < 1.29 is 4.39 Å². The summed E-state index contributed by atoms with van der Waals surface area (Å²) in [6.07, 6.45) is 4.98. The second-order valence-corrected chi connectivity index (χ2v) is 2.72. The molecular weight excluding hydrogens is 181 g/mol. The minimum absolute atomic E-state index is 0.249. The molecule has 1 aromatic heterocycles. The summed E-state index contributed by atoms with van der Waals surface area (Å²) >= 11 is 0. The van der Waals surface area contributed by atoms with Crippen LogP contribution in [-0.4, -0.2) is 16.1 Å². The van der Waals surface area contributed by atoms with Gasteiger partial charge in [0.2, 0.25) is 0 Å². The molecule has 4 heteroatoms. The summed E-state index contributed by atoms with van der Waals surface area (Å²) in [5.41, 5.74) is 0.835. The van der Waals surface area contributed by atoms with Crippen molar-refractivity contribution in [1.82, 2.24) is 9.89 Å². The van der Waals surface area contributed by atoms with E-state index in [1.54, 1.807) is 36.8 Å². The molecule has 0 radical (unpaired) electrons. The van der Waals surface area contributed by atoms with Crippen LogP contribution in [0, 0.1) is 5.82 Å². The number of hydrogen-bond donors (Lipinski definition) is 0. The first-order valence-corrected chi connectivity index (χ1v) is 4.14. The van der Waals surface area contributed by atoms with Gasteiger partial charge in [-0.25, -0.2) is 4.39 Å². The number of hydrogen-bond acceptors (Lipinski definition) is 2. The van der Waals surface area contributed by atoms with E-state index in [2.05, 4.69) is 10.2 Å². The molecule has 0 aliphatic carbocycles. The Balaban J connectivity index is 2.15. The predicted octanol–water partition coefficient (Wildman–Crippen LogP) is 1.90. The highest BCUT2D eigenvalue weighted by molar-refractivity contribution is 5.79. The van der Waals surface area contributed by atoms with Gasteiger partial charge in [-0.15, -0.1) is 0 Å². The Morgan fingerprint density at radius 3 is 2.71 bits per heavy atom. The lowest BCUT2D eigenvalue weighted by atomic mass is 10.2. The molecule has 0 fully saturated rings. The van der Waals surface area contributed by atoms with E-state index >= 15 is 0 Å². The van der Waals surface area contributed by atoms with Crippen LogP contribution in [0.1, 0.15) is 5.56 Å². The molecule has 0 bridgehead atoms. The van der Waals surface area contributed by atoms with Crippen molar-refractivity contribution in [1.29, 1.82) is 0 Å². The van der Waals surface area contributed by atoms with Gasteiger partial charge < -0.3 is 0 Å². The highest BCUT2D eigenvalue weighted by Gasteiger charge is 1.89. The minimum Gasteiger partial charge on any atom is -0.207 e. The molecule has 0 amide bonds. The van der Waals surface area contributed by atoms with Crippen LogP contribution in [0.25, 0.3) is 0 Å². The Morgan fingerprint density at radius 1 is 1.29 bits per heavy atom. The quantitative estimate of drug-likeness (QED) is 0.663. The number of rotatable bonds is 2. The van der Waals surface area contributed by atoms with Crippen LogP contribution in [0.2, 0.25) is 0 Å². The number of nitrogens with zero attached hydrogens (tertiary/aromatic N) is 3. The lowest BCUT2D eigenvalue weighted by Gasteiger charge is -1.92. The normalized spacial score (nSPS) is 10.9. The average molecular weight is 189 g/mol. The maximum atomic E-state index is 12.5. The lowest BCUT2D eigenvalue weighted by Crippen LogP contribution is -1.90. The van der Waals surface area contributed by atoms with Gasteiger partial charge in [0.05, 0.1) is 18.6 Å². The Hall–Kier alpha value is -1.97. The fourth-order valence-electron chi connectivity index (χ4n) is 1.00. The third kappa shape index (κ3) is 2.04. The maximum absolute atomic E-state index is 12.5. The Morgan fingerprint density at radius 2 is 2.07 bits per heavy atom. The zero-order chi connectivity index (χ0) is 9.80. The summed E-state index contributed by atoms with van der Waals surface area (Å²) in [7, 11) is 0. The topological polar surface area (TPSA) is 30.2 Å². The summed E-state index contributed by atoms with van der Waals surface area (Å²) in [5, 5.41) is 7.92. The van der Waals surface area contributed by atoms with Crippen LogP contribution in [-0.2, 0) is 0 Å². The first-order valence-electron chi connectivity index (χ1n) is 4.14. The van der Waals surface area contributed by atoms with E-state index in [0.717, 1.165) is 5.56 Å². The second kappa shape index (κ2) is 3.83. The predicted molar refractivity (Wildman–Crippen MR) is 51.6 cm³/mol. The zero-order valence-corrected chi connectivity index (χ0v) is 7.34. The molecule has 0 N–H and O–H groups in total. The zero-order valence-electron chi connectivity index (χ0n) is 7.34. The molecule has 14 heavy (non-hydrogen) atoms. The van der Waals surface area contributed by atoms with E-state index in [1.807, 2.05) is 0 Å². The molecule has 1 heterocycles. The Labute approximate surface area is 80.5 Å². The third-order valence-electron chi connectivity index (χ3n) is 1.69. The SMILES string of the molecule is Fc1ccc(/C=N/n2cccn2)cc1. The van der Waals surface area contributed by atoms with E-state index < -0.39 is 0 Å². The standard InChI is InChI=1S/C10H8FN3/c11-10-4-2-9(3-5-10)8-13-14-7-1-6-12-14/h1-8H/b13-8+. The van der Waals surface area contributed by atoms with E-state index in [-0.39, 0.29) is 5.82 Å². The Kier molecular flexibility index (Phi) is 2.36. The average Bonchev–Trinajstić information content (AvgIpc) is 2.70. The molecular formula is C10H8FN3. The van der Waals surface area contributed by atoms with Crippen LogP contribution in [0.4, 0.5) is 4.39 Å². The van der Waals surface area contributed by atoms with Crippen molar-refractivity contribution >= 4 is 6.21 Å². The summed E-state index contributed by atoms with van der Waals surface area (Å²) in [5.74, 6) is -0.249. The number of halogens is 1. The van der Waals surface area contributed by atoms with Crippen LogP contribution in [0.15, 0.2) is 47.8 Å². The van der Waals surface area contributed by atoms with E-state index in [4.69, 9.17) is 0 Å². The molecule has 0 atom stereocenters. The summed E-state index contributed by atoms with van der Waals surface area (Å²) in [6.45, 7) is 0. The highest BCUT2D eigenvalue weighted by Crippen LogP contribution is 1.99. The van der Waals surface area contributed by atoms with Crippen molar-refractivity contribution in [2.45, 2.75) is 0 Å². The van der Waals surface area contributed by atoms with Crippen molar-refractivity contribution in [2.24, 2.45) is 5.10 Å². The summed E-state index contributed by atoms with van der Waals surface area (Å²) < 4.78 is 12.5. The smallest absolute Gasteiger partial charge is 0.123 e. The number of aromatic nitrogens is 2. The van der Waals surface area contributed by atoms with Gasteiger partial charge in [-0.1, -0.05) is 12.1 Å². The third-order valence-corrected chi connectivity index (χ3v) is 1.69. The van der Waals surface area contributed by atoms with Crippen molar-refractivity contribution in [2.75, 3.05) is 0 Å². The van der Waals surface area contributed by atoms with Crippen molar-refractivity contribution in [3.63, 3.8) is 0 Å². The van der Waals surface area contributed by atoms with E-state index in [1.165, 1.54) is 16.9 Å². The highest BCUT2D eigenvalue weighted by atomic mass is 19.1. The van der Waals surface area contributed by atoms with Gasteiger partial charge in [-0.05, 0) is 23.8 Å². The van der Waals surface area contributed by atoms with Gasteiger partial charge in [-0.2, -0.15) is 15.0 Å². The van der Waals surface area contributed by atoms with Crippen molar-refractivity contribution in [3.8, 4) is 0 Å². The molecule has 0 saturated carbocycles. The van der Waals surface area contributed by atoms with Gasteiger partial charge in [-0.3, -0.25) is 0 Å². The minimum atomic E-state index is -0.249. The first kappa shape index (κ1) is 8.62. The first-order chi connectivity index (χ1) is 6.84. The molecule has 0 aliphatic heterocycles. The van der Waals surface area contributed by atoms with Crippen LogP contribution >= 0.6 is 0 Å². The second-order valence-electron chi connectivity index (χ2n) is 2.72. The van der Waals surface area contributed by atoms with Gasteiger partial charge in [0.15, 0.2) is 0 Å². The molecule has 0 unspecified atom stereocenters. The maximum Gasteiger partial charge on any atom is 0.123 e. The van der Waals surface area contributed by atoms with Crippen LogP contribution in [0.3, 0.4) is 0 Å². The monoisotopic (exact) mass is 189 g/mol. The van der Waals surface area contributed by atoms with E-state index in [0.29, 0.717) is 0 Å². The molecule has 70 valence electrons. The summed E-state index contributed by atoms with van der Waals surface area (Å²) in [4.78, 5) is 1.43. The molecule has 0 spiro atoms. The Bertz CT molecular complexity index is 417. The fourth-order valence-corrected chi connectivity index (χ4v) is 1.00. The largest absolute Gasteiger partial charge is 0.207 e. The van der Waals surface area contributed by atoms with E-state index in [9.17, 15) is 4.39 Å². The van der Waals surface area contributed by atoms with Gasteiger partial charge in [0.25, 0.3) is 0 Å². The van der Waals surface area contributed by atoms with Crippen LogP contribution in [0.5, 0.6) is 0 Å². The fraction of sp³-hybridized carbons (Fsp3) is 0. The van der Waals surface area contributed by atoms with Crippen molar-refractivity contribution in [3.05, 3.63) is 54.1 Å². The summed E-state index contributed by atoms with van der Waals surface area (Å²) in [6, 6.07) is 7.88. The lowest BCUT2D eigenvalue weighted by molar-refractivity contribution is 0.628.